The van der Waals surface area contributed by atoms with Crippen molar-refractivity contribution < 1.29 is 9.13 Å². The number of hydrogen-bond donors (Lipinski definition) is 0. The molecule has 2 nitrogen and oxygen atoms in total. The number of aryl methyl sites for hydroxylation is 1. The number of allylic oxidation sites excluding steroid dienone is 2. The van der Waals surface area contributed by atoms with E-state index in [1.54, 1.807) is 0 Å². The van der Waals surface area contributed by atoms with E-state index < -0.39 is 0 Å². The average molecular weight is 711 g/mol. The van der Waals surface area contributed by atoms with Crippen LogP contribution < -0.4 is 9.13 Å². The van der Waals surface area contributed by atoms with E-state index in [4.69, 9.17) is 0 Å². The Morgan fingerprint density at radius 2 is 1.22 bits per heavy atom. The highest BCUT2D eigenvalue weighted by atomic mass is 15.0. The topological polar surface area (TPSA) is 7.76 Å². The summed E-state index contributed by atoms with van der Waals surface area (Å²) in [7, 11) is 2.19. The van der Waals surface area contributed by atoms with E-state index in [0.717, 1.165) is 12.8 Å². The minimum absolute atomic E-state index is 0.0323. The fraction of sp³-hybridized carbons (Fsp3) is 0.346. The van der Waals surface area contributed by atoms with Crippen molar-refractivity contribution in [1.82, 2.24) is 0 Å². The van der Waals surface area contributed by atoms with Gasteiger partial charge in [0, 0.05) is 35.2 Å². The van der Waals surface area contributed by atoms with Gasteiger partial charge in [-0.05, 0) is 95.7 Å². The lowest BCUT2D eigenvalue weighted by Crippen LogP contribution is -2.40. The second-order valence-corrected chi connectivity index (χ2v) is 19.6. The van der Waals surface area contributed by atoms with Gasteiger partial charge >= 0.3 is 0 Å². The molecule has 274 valence electrons. The number of rotatable bonds is 3. The van der Waals surface area contributed by atoms with Crippen molar-refractivity contribution in [3.8, 4) is 33.6 Å². The number of aromatic nitrogens is 2. The van der Waals surface area contributed by atoms with Gasteiger partial charge in [-0.1, -0.05) is 137 Å². The second-order valence-electron chi connectivity index (χ2n) is 19.6. The van der Waals surface area contributed by atoms with Crippen molar-refractivity contribution in [3.63, 3.8) is 0 Å². The summed E-state index contributed by atoms with van der Waals surface area (Å²) in [6.07, 6.45) is 8.84. The molecule has 2 heteroatoms. The molecular formula is C52H58N2+2. The van der Waals surface area contributed by atoms with Crippen LogP contribution in [0, 0.1) is 0 Å². The maximum Gasteiger partial charge on any atom is 0.219 e. The maximum atomic E-state index is 2.51. The van der Waals surface area contributed by atoms with E-state index in [-0.39, 0.29) is 21.7 Å². The van der Waals surface area contributed by atoms with Crippen molar-refractivity contribution in [2.75, 3.05) is 0 Å². The van der Waals surface area contributed by atoms with Gasteiger partial charge in [-0.25, -0.2) is 4.57 Å². The molecule has 0 fully saturated rings. The van der Waals surface area contributed by atoms with Gasteiger partial charge in [0.1, 0.15) is 7.05 Å². The lowest BCUT2D eigenvalue weighted by molar-refractivity contribution is -0.660. The van der Waals surface area contributed by atoms with E-state index in [1.807, 2.05) is 0 Å². The van der Waals surface area contributed by atoms with E-state index in [1.165, 1.54) is 89.1 Å². The Kier molecular flexibility index (Phi) is 8.27. The molecule has 0 spiro atoms. The zero-order valence-electron chi connectivity index (χ0n) is 34.7. The first-order valence-corrected chi connectivity index (χ1v) is 19.9. The van der Waals surface area contributed by atoms with E-state index in [0.29, 0.717) is 0 Å². The van der Waals surface area contributed by atoms with Crippen LogP contribution in [0.4, 0.5) is 0 Å². The molecule has 54 heavy (non-hydrogen) atoms. The first kappa shape index (κ1) is 36.2. The fourth-order valence-corrected chi connectivity index (χ4v) is 9.11. The highest BCUT2D eigenvalue weighted by Gasteiger charge is 2.43. The molecule has 0 radical (unpaired) electrons. The predicted octanol–water partition coefficient (Wildman–Crippen LogP) is 12.1. The Labute approximate surface area is 324 Å². The molecule has 0 unspecified atom stereocenters. The largest absolute Gasteiger partial charge is 0.219 e. The molecule has 4 aromatic carbocycles. The molecular weight excluding hydrogens is 653 g/mol. The summed E-state index contributed by atoms with van der Waals surface area (Å²) in [5, 5.41) is 2.68. The minimum atomic E-state index is -0.144. The third kappa shape index (κ3) is 5.94. The second kappa shape index (κ2) is 12.4. The fourth-order valence-electron chi connectivity index (χ4n) is 9.11. The highest BCUT2D eigenvalue weighted by Crippen LogP contribution is 2.55. The minimum Gasteiger partial charge on any atom is -0.201 e. The molecule has 0 amide bonds. The van der Waals surface area contributed by atoms with Crippen molar-refractivity contribution in [1.29, 1.82) is 0 Å². The molecule has 2 aliphatic rings. The molecule has 2 aromatic heterocycles. The third-order valence-electron chi connectivity index (χ3n) is 12.3. The summed E-state index contributed by atoms with van der Waals surface area (Å²) < 4.78 is 4.81. The number of nitrogens with zero attached hydrogens (tertiary/aromatic N) is 2. The van der Waals surface area contributed by atoms with Crippen LogP contribution in [0.2, 0.25) is 0 Å². The summed E-state index contributed by atoms with van der Waals surface area (Å²) >= 11 is 0. The molecule has 8 rings (SSSR count). The summed E-state index contributed by atoms with van der Waals surface area (Å²) in [5.41, 5.74) is 19.2. The van der Waals surface area contributed by atoms with Gasteiger partial charge in [0.2, 0.25) is 11.4 Å². The molecule has 6 aromatic rings. The van der Waals surface area contributed by atoms with Gasteiger partial charge in [0.25, 0.3) is 0 Å². The van der Waals surface area contributed by atoms with E-state index in [9.17, 15) is 0 Å². The van der Waals surface area contributed by atoms with Crippen LogP contribution in [0.3, 0.4) is 0 Å². The van der Waals surface area contributed by atoms with Crippen LogP contribution in [-0.2, 0) is 41.5 Å². The molecule has 0 N–H and O–H groups in total. The van der Waals surface area contributed by atoms with Crippen molar-refractivity contribution in [2.45, 2.75) is 111 Å². The molecule has 3 heterocycles. The highest BCUT2D eigenvalue weighted by molar-refractivity contribution is 6.00. The van der Waals surface area contributed by atoms with Gasteiger partial charge in [0.15, 0.2) is 18.1 Å². The lowest BCUT2D eigenvalue weighted by Gasteiger charge is -2.29. The van der Waals surface area contributed by atoms with Gasteiger partial charge in [-0.2, -0.15) is 4.57 Å². The molecule has 0 saturated carbocycles. The number of benzene rings is 4. The summed E-state index contributed by atoms with van der Waals surface area (Å²) in [6.45, 7) is 25.8. The van der Waals surface area contributed by atoms with E-state index in [2.05, 4.69) is 202 Å². The lowest BCUT2D eigenvalue weighted by atomic mass is 9.75. The molecule has 1 aliphatic carbocycles. The number of pyridine rings is 2. The zero-order chi connectivity index (χ0) is 38.5. The molecule has 0 atom stereocenters. The number of fused-ring (bicyclic) bond motifs is 9. The van der Waals surface area contributed by atoms with Gasteiger partial charge in [0.05, 0.1) is 12.0 Å². The smallest absolute Gasteiger partial charge is 0.201 e. The van der Waals surface area contributed by atoms with Gasteiger partial charge in [-0.15, -0.1) is 0 Å². The van der Waals surface area contributed by atoms with E-state index >= 15 is 0 Å². The van der Waals surface area contributed by atoms with Crippen molar-refractivity contribution in [2.24, 2.45) is 7.05 Å². The Morgan fingerprint density at radius 1 is 0.611 bits per heavy atom. The van der Waals surface area contributed by atoms with Gasteiger partial charge < -0.3 is 0 Å². The number of hydrogen-bond acceptors (Lipinski definition) is 0. The Morgan fingerprint density at radius 3 is 1.93 bits per heavy atom. The van der Waals surface area contributed by atoms with Gasteiger partial charge in [-0.3, -0.25) is 0 Å². The normalized spacial score (nSPS) is 15.6. The Balaban J connectivity index is 1.29. The molecule has 1 aliphatic heterocycles. The standard InChI is InChI=1S/C52H58N2/c1-49(2,3)36-21-17-34(43(30-36)44-31-37(50(4,5)6)25-27-53(44)12)18-22-39-29-35-20-24-42-41-23-19-33-15-13-14-16-40(33)47(41)52(10,11)48(42)46(35)45-32-38(51(7,8)9)26-28-54(39)45/h13-17,19-28,30-32H,18,29H2,1-12H3/q+2/b39-22-. The average Bonchev–Trinajstić information content (AvgIpc) is 3.35. The van der Waals surface area contributed by atoms with Crippen LogP contribution in [-0.4, -0.2) is 0 Å². The molecule has 0 bridgehead atoms. The van der Waals surface area contributed by atoms with Crippen molar-refractivity contribution in [3.05, 3.63) is 148 Å². The van der Waals surface area contributed by atoms with Crippen LogP contribution in [0.15, 0.2) is 109 Å². The molecule has 0 saturated heterocycles. The maximum absolute atomic E-state index is 2.51. The monoisotopic (exact) mass is 710 g/mol. The van der Waals surface area contributed by atoms with Crippen LogP contribution in [0.25, 0.3) is 50.1 Å². The predicted molar refractivity (Wildman–Crippen MR) is 228 cm³/mol. The first-order chi connectivity index (χ1) is 25.3. The quantitative estimate of drug-likeness (QED) is 0.162. The van der Waals surface area contributed by atoms with Crippen LogP contribution in [0.5, 0.6) is 0 Å². The van der Waals surface area contributed by atoms with Crippen LogP contribution in [0.1, 0.15) is 115 Å². The summed E-state index contributed by atoms with van der Waals surface area (Å²) in [6, 6.07) is 35.2. The SMILES string of the molecule is C[n+]1ccc(C(C)(C)C)cc1-c1cc(C(C)(C)C)ccc1C/C=C1/Cc2ccc3c(c2-c2cc(C(C)(C)C)cc[n+]21)C(C)(C)c1c-3ccc2ccccc12. The summed E-state index contributed by atoms with van der Waals surface area (Å²) in [4.78, 5) is 0. The van der Waals surface area contributed by atoms with Crippen LogP contribution >= 0.6 is 0 Å². The van der Waals surface area contributed by atoms with Crippen molar-refractivity contribution >= 4 is 16.5 Å². The Bertz CT molecular complexity index is 2520. The Hall–Kier alpha value is -4.82. The first-order valence-electron chi connectivity index (χ1n) is 19.9. The summed E-state index contributed by atoms with van der Waals surface area (Å²) in [5.74, 6) is 0. The zero-order valence-corrected chi connectivity index (χ0v) is 34.7. The third-order valence-corrected chi connectivity index (χ3v) is 12.3.